The highest BCUT2D eigenvalue weighted by atomic mass is 16.2. The number of nitrogens with zero attached hydrogens (tertiary/aromatic N) is 2. The Bertz CT molecular complexity index is 897. The predicted octanol–water partition coefficient (Wildman–Crippen LogP) is 2.73. The fraction of sp³-hybridized carbons (Fsp3) is 0.190. The first-order chi connectivity index (χ1) is 12.6. The fourth-order valence-corrected chi connectivity index (χ4v) is 3.08. The van der Waals surface area contributed by atoms with Gasteiger partial charge < -0.3 is 5.32 Å². The van der Waals surface area contributed by atoms with Crippen molar-refractivity contribution in [1.82, 2.24) is 15.1 Å². The van der Waals surface area contributed by atoms with E-state index >= 15 is 0 Å². The van der Waals surface area contributed by atoms with E-state index in [0.29, 0.717) is 0 Å². The van der Waals surface area contributed by atoms with Crippen LogP contribution in [0.5, 0.6) is 0 Å². The maximum Gasteiger partial charge on any atom is 0.271 e. The van der Waals surface area contributed by atoms with Gasteiger partial charge in [0, 0.05) is 25.1 Å². The Balaban J connectivity index is 1.88. The van der Waals surface area contributed by atoms with Crippen molar-refractivity contribution in [2.45, 2.75) is 18.9 Å². The molecule has 1 heterocycles. The minimum Gasteiger partial charge on any atom is -0.347 e. The minimum atomic E-state index is -0.301. The number of rotatable bonds is 5. The average molecular weight is 347 g/mol. The highest BCUT2D eigenvalue weighted by molar-refractivity contribution is 5.92. The number of hydrogen-bond acceptors (Lipinski definition) is 3. The Morgan fingerprint density at radius 1 is 0.923 bits per heavy atom. The van der Waals surface area contributed by atoms with Gasteiger partial charge in [0.15, 0.2) is 0 Å². The van der Waals surface area contributed by atoms with Crippen molar-refractivity contribution in [2.24, 2.45) is 7.05 Å². The van der Waals surface area contributed by atoms with Crippen molar-refractivity contribution in [3.05, 3.63) is 100.0 Å². The lowest BCUT2D eigenvalue weighted by Gasteiger charge is -2.26. The molecule has 0 spiro atoms. The van der Waals surface area contributed by atoms with Crippen LogP contribution in [0, 0.1) is 0 Å². The molecule has 0 aliphatic rings. The molecule has 1 amide bonds. The van der Waals surface area contributed by atoms with Crippen LogP contribution < -0.4 is 10.9 Å². The zero-order chi connectivity index (χ0) is 18.5. The van der Waals surface area contributed by atoms with Crippen LogP contribution in [0.25, 0.3) is 0 Å². The van der Waals surface area contributed by atoms with Gasteiger partial charge in [0.2, 0.25) is 0 Å². The van der Waals surface area contributed by atoms with Gasteiger partial charge in [-0.1, -0.05) is 60.7 Å². The molecule has 1 unspecified atom stereocenters. The Morgan fingerprint density at radius 2 is 1.46 bits per heavy atom. The zero-order valence-electron chi connectivity index (χ0n) is 14.8. The number of carbonyl (C=O) groups is 1. The number of aromatic nitrogens is 2. The van der Waals surface area contributed by atoms with Gasteiger partial charge in [0.05, 0.1) is 0 Å². The maximum atomic E-state index is 12.6. The van der Waals surface area contributed by atoms with E-state index in [1.807, 2.05) is 43.3 Å². The summed E-state index contributed by atoms with van der Waals surface area (Å²) >= 11 is 0. The van der Waals surface area contributed by atoms with E-state index in [0.717, 1.165) is 15.8 Å². The summed E-state index contributed by atoms with van der Waals surface area (Å²) in [6, 6.07) is 22.8. The molecule has 0 aliphatic carbocycles. The second-order valence-electron chi connectivity index (χ2n) is 6.24. The van der Waals surface area contributed by atoms with E-state index in [-0.39, 0.29) is 29.1 Å². The summed E-state index contributed by atoms with van der Waals surface area (Å²) in [5, 5.41) is 7.05. The number of benzene rings is 2. The molecule has 5 nitrogen and oxygen atoms in total. The maximum absolute atomic E-state index is 12.6. The van der Waals surface area contributed by atoms with Crippen molar-refractivity contribution in [2.75, 3.05) is 0 Å². The molecule has 5 heteroatoms. The molecule has 1 N–H and O–H groups in total. The topological polar surface area (TPSA) is 64.0 Å². The second-order valence-corrected chi connectivity index (χ2v) is 6.24. The van der Waals surface area contributed by atoms with Crippen LogP contribution in [-0.4, -0.2) is 21.7 Å². The number of amides is 1. The summed E-state index contributed by atoms with van der Waals surface area (Å²) in [6.45, 7) is 1.98. The molecule has 0 radical (unpaired) electrons. The summed E-state index contributed by atoms with van der Waals surface area (Å²) in [5.74, 6) is -0.293. The van der Waals surface area contributed by atoms with E-state index in [1.54, 1.807) is 0 Å². The van der Waals surface area contributed by atoms with Gasteiger partial charge in [-0.25, -0.2) is 4.68 Å². The molecular formula is C21H21N3O2. The lowest BCUT2D eigenvalue weighted by Crippen LogP contribution is -2.38. The summed E-state index contributed by atoms with van der Waals surface area (Å²) in [6.07, 6.45) is 0. The molecule has 2 aromatic carbocycles. The summed E-state index contributed by atoms with van der Waals surface area (Å²) in [7, 11) is 1.53. The normalized spacial score (nSPS) is 12.0. The highest BCUT2D eigenvalue weighted by Crippen LogP contribution is 2.28. The van der Waals surface area contributed by atoms with E-state index in [2.05, 4.69) is 34.7 Å². The number of carbonyl (C=O) groups excluding carboxylic acids is 1. The number of aryl methyl sites for hydroxylation is 1. The van der Waals surface area contributed by atoms with E-state index in [1.165, 1.54) is 19.2 Å². The largest absolute Gasteiger partial charge is 0.347 e. The minimum absolute atomic E-state index is 0.00822. The van der Waals surface area contributed by atoms with E-state index in [9.17, 15) is 9.59 Å². The molecule has 0 bridgehead atoms. The molecule has 3 rings (SSSR count). The van der Waals surface area contributed by atoms with Crippen molar-refractivity contribution >= 4 is 5.91 Å². The van der Waals surface area contributed by atoms with Crippen LogP contribution in [0.1, 0.15) is 34.5 Å². The summed E-state index contributed by atoms with van der Waals surface area (Å²) < 4.78 is 1.16. The van der Waals surface area contributed by atoms with E-state index < -0.39 is 0 Å². The molecule has 0 aliphatic heterocycles. The number of hydrogen-bond donors (Lipinski definition) is 1. The number of nitrogens with one attached hydrogen (secondary N) is 1. The molecule has 0 saturated heterocycles. The predicted molar refractivity (Wildman–Crippen MR) is 101 cm³/mol. The van der Waals surface area contributed by atoms with Crippen LogP contribution >= 0.6 is 0 Å². The van der Waals surface area contributed by atoms with Gasteiger partial charge in [-0.3, -0.25) is 9.59 Å². The van der Waals surface area contributed by atoms with Crippen LogP contribution in [0.3, 0.4) is 0 Å². The first-order valence-electron chi connectivity index (χ1n) is 8.51. The molecule has 1 aromatic heterocycles. The molecule has 3 aromatic rings. The van der Waals surface area contributed by atoms with Gasteiger partial charge in [-0.2, -0.15) is 5.10 Å². The third kappa shape index (κ3) is 3.88. The van der Waals surface area contributed by atoms with Crippen LogP contribution in [0.4, 0.5) is 0 Å². The Labute approximate surface area is 152 Å². The third-order valence-corrected chi connectivity index (χ3v) is 4.37. The van der Waals surface area contributed by atoms with Crippen LogP contribution in [0.15, 0.2) is 77.6 Å². The monoisotopic (exact) mass is 347 g/mol. The lowest BCUT2D eigenvalue weighted by atomic mass is 9.86. The average Bonchev–Trinajstić information content (AvgIpc) is 2.66. The van der Waals surface area contributed by atoms with Crippen LogP contribution in [0.2, 0.25) is 0 Å². The zero-order valence-corrected chi connectivity index (χ0v) is 14.8. The third-order valence-electron chi connectivity index (χ3n) is 4.37. The first kappa shape index (κ1) is 17.6. The summed E-state index contributed by atoms with van der Waals surface area (Å²) in [4.78, 5) is 24.1. The fourth-order valence-electron chi connectivity index (χ4n) is 3.08. The molecule has 0 fully saturated rings. The van der Waals surface area contributed by atoms with Crippen molar-refractivity contribution in [3.63, 3.8) is 0 Å². The van der Waals surface area contributed by atoms with Crippen molar-refractivity contribution in [1.29, 1.82) is 0 Å². The second kappa shape index (κ2) is 7.78. The Hall–Kier alpha value is -3.21. The van der Waals surface area contributed by atoms with Gasteiger partial charge in [0.1, 0.15) is 5.69 Å². The van der Waals surface area contributed by atoms with Gasteiger partial charge >= 0.3 is 0 Å². The first-order valence-corrected chi connectivity index (χ1v) is 8.51. The summed E-state index contributed by atoms with van der Waals surface area (Å²) in [5.41, 5.74) is 2.22. The standard InChI is InChI=1S/C21H21N3O2/c1-15(22-21(26)18-13-14-19(25)24(2)23-18)20(16-9-5-3-6-10-16)17-11-7-4-8-12-17/h3-15,20H,1-2H3,(H,22,26). The SMILES string of the molecule is CC(NC(=O)c1ccc(=O)n(C)n1)C(c1ccccc1)c1ccccc1. The Morgan fingerprint density at radius 3 is 1.96 bits per heavy atom. The quantitative estimate of drug-likeness (QED) is 0.772. The van der Waals surface area contributed by atoms with Gasteiger partial charge in [-0.15, -0.1) is 0 Å². The molecule has 26 heavy (non-hydrogen) atoms. The lowest BCUT2D eigenvalue weighted by molar-refractivity contribution is 0.0929. The molecular weight excluding hydrogens is 326 g/mol. The van der Waals surface area contributed by atoms with Crippen molar-refractivity contribution in [3.8, 4) is 0 Å². The van der Waals surface area contributed by atoms with Crippen molar-refractivity contribution < 1.29 is 4.79 Å². The molecule has 132 valence electrons. The van der Waals surface area contributed by atoms with Crippen LogP contribution in [-0.2, 0) is 7.05 Å². The Kier molecular flexibility index (Phi) is 5.27. The van der Waals surface area contributed by atoms with Gasteiger partial charge in [-0.05, 0) is 24.1 Å². The highest BCUT2D eigenvalue weighted by Gasteiger charge is 2.23. The smallest absolute Gasteiger partial charge is 0.271 e. The van der Waals surface area contributed by atoms with Gasteiger partial charge in [0.25, 0.3) is 11.5 Å². The molecule has 0 saturated carbocycles. The molecule has 1 atom stereocenters. The van der Waals surface area contributed by atoms with E-state index in [4.69, 9.17) is 0 Å².